The molecule has 0 bridgehead atoms. The van der Waals surface area contributed by atoms with Gasteiger partial charge < -0.3 is 4.74 Å². The van der Waals surface area contributed by atoms with Gasteiger partial charge in [0.05, 0.1) is 12.6 Å². The number of ketones is 1. The Balaban J connectivity index is 1.96. The van der Waals surface area contributed by atoms with Gasteiger partial charge in [0.1, 0.15) is 10.9 Å². The molecule has 3 aromatic rings. The highest BCUT2D eigenvalue weighted by atomic mass is 35.5. The molecular formula is C17H12ClNO2S. The summed E-state index contributed by atoms with van der Waals surface area (Å²) in [4.78, 5) is 16.3. The van der Waals surface area contributed by atoms with E-state index >= 15 is 0 Å². The molecule has 1 aromatic carbocycles. The van der Waals surface area contributed by atoms with E-state index in [9.17, 15) is 4.79 Å². The van der Waals surface area contributed by atoms with Gasteiger partial charge in [0.25, 0.3) is 0 Å². The molecule has 0 fully saturated rings. The Morgan fingerprint density at radius 2 is 2.18 bits per heavy atom. The first kappa shape index (κ1) is 14.8. The maximum Gasteiger partial charge on any atom is 0.186 e. The average Bonchev–Trinajstić information content (AvgIpc) is 3.06. The molecule has 2 heterocycles. The van der Waals surface area contributed by atoms with Crippen molar-refractivity contribution in [3.8, 4) is 5.75 Å². The van der Waals surface area contributed by atoms with Crippen molar-refractivity contribution < 1.29 is 9.53 Å². The lowest BCUT2D eigenvalue weighted by atomic mass is 10.1. The van der Waals surface area contributed by atoms with Crippen LogP contribution in [0.15, 0.2) is 47.2 Å². The zero-order valence-electron chi connectivity index (χ0n) is 11.7. The van der Waals surface area contributed by atoms with Gasteiger partial charge in [-0.2, -0.15) is 11.3 Å². The Kier molecular flexibility index (Phi) is 4.22. The lowest BCUT2D eigenvalue weighted by Crippen LogP contribution is -1.91. The second kappa shape index (κ2) is 6.30. The number of fused-ring (bicyclic) bond motifs is 1. The van der Waals surface area contributed by atoms with Crippen molar-refractivity contribution >= 4 is 45.7 Å². The summed E-state index contributed by atoms with van der Waals surface area (Å²) in [5, 5.41) is 4.97. The normalized spacial score (nSPS) is 11.2. The van der Waals surface area contributed by atoms with Crippen LogP contribution in [0.5, 0.6) is 5.75 Å². The van der Waals surface area contributed by atoms with Crippen LogP contribution < -0.4 is 4.74 Å². The van der Waals surface area contributed by atoms with Crippen LogP contribution in [0.1, 0.15) is 15.9 Å². The second-order valence-electron chi connectivity index (χ2n) is 4.64. The Hall–Kier alpha value is -2.17. The van der Waals surface area contributed by atoms with Crippen molar-refractivity contribution in [1.29, 1.82) is 0 Å². The monoisotopic (exact) mass is 329 g/mol. The number of aromatic nitrogens is 1. The number of carbonyl (C=O) groups excluding carboxylic acids is 1. The fraction of sp³-hybridized carbons (Fsp3) is 0.0588. The van der Waals surface area contributed by atoms with E-state index in [4.69, 9.17) is 16.3 Å². The quantitative estimate of drug-likeness (QED) is 0.390. The Morgan fingerprint density at radius 3 is 2.91 bits per heavy atom. The van der Waals surface area contributed by atoms with Crippen LogP contribution in [0, 0.1) is 0 Å². The van der Waals surface area contributed by atoms with Crippen LogP contribution >= 0.6 is 22.9 Å². The Labute approximate surface area is 136 Å². The molecule has 3 rings (SSSR count). The van der Waals surface area contributed by atoms with E-state index in [1.807, 2.05) is 35.0 Å². The van der Waals surface area contributed by atoms with E-state index in [-0.39, 0.29) is 5.78 Å². The first-order valence-electron chi connectivity index (χ1n) is 6.56. The third-order valence-corrected chi connectivity index (χ3v) is 4.21. The molecule has 0 radical (unpaired) electrons. The number of thiophene rings is 1. The first-order valence-corrected chi connectivity index (χ1v) is 7.88. The molecule has 2 aromatic heterocycles. The van der Waals surface area contributed by atoms with E-state index in [2.05, 4.69) is 4.98 Å². The number of benzene rings is 1. The standard InChI is InChI=1S/C17H12ClNO2S/c1-21-14-3-4-15-13(9-14)8-11(17(18)19-15)2-5-16(20)12-6-7-22-10-12/h2-10H,1H3/b5-2+. The molecule has 0 aliphatic rings. The number of methoxy groups -OCH3 is 1. The summed E-state index contributed by atoms with van der Waals surface area (Å²) in [6, 6.07) is 9.26. The fourth-order valence-corrected chi connectivity index (χ4v) is 2.91. The van der Waals surface area contributed by atoms with E-state index in [0.29, 0.717) is 16.3 Å². The van der Waals surface area contributed by atoms with Crippen LogP contribution in [0.25, 0.3) is 17.0 Å². The summed E-state index contributed by atoms with van der Waals surface area (Å²) >= 11 is 7.67. The van der Waals surface area contributed by atoms with E-state index in [1.54, 1.807) is 19.3 Å². The van der Waals surface area contributed by atoms with Crippen molar-refractivity contribution in [1.82, 2.24) is 4.98 Å². The molecule has 0 unspecified atom stereocenters. The summed E-state index contributed by atoms with van der Waals surface area (Å²) in [5.41, 5.74) is 2.16. The molecule has 0 aliphatic carbocycles. The van der Waals surface area contributed by atoms with Gasteiger partial charge in [-0.25, -0.2) is 4.98 Å². The number of nitrogens with zero attached hydrogens (tertiary/aromatic N) is 1. The molecule has 0 spiro atoms. The lowest BCUT2D eigenvalue weighted by Gasteiger charge is -2.04. The highest BCUT2D eigenvalue weighted by molar-refractivity contribution is 7.08. The maximum absolute atomic E-state index is 12.0. The van der Waals surface area contributed by atoms with Gasteiger partial charge in [-0.3, -0.25) is 4.79 Å². The highest BCUT2D eigenvalue weighted by Gasteiger charge is 2.06. The predicted molar refractivity (Wildman–Crippen MR) is 91.0 cm³/mol. The maximum atomic E-state index is 12.0. The van der Waals surface area contributed by atoms with Gasteiger partial charge in [0.15, 0.2) is 5.78 Å². The van der Waals surface area contributed by atoms with Crippen LogP contribution in [-0.2, 0) is 0 Å². The first-order chi connectivity index (χ1) is 10.7. The second-order valence-corrected chi connectivity index (χ2v) is 5.77. The fourth-order valence-electron chi connectivity index (χ4n) is 2.06. The summed E-state index contributed by atoms with van der Waals surface area (Å²) in [6.45, 7) is 0. The van der Waals surface area contributed by atoms with Crippen molar-refractivity contribution in [3.05, 3.63) is 63.4 Å². The molecule has 3 nitrogen and oxygen atoms in total. The third kappa shape index (κ3) is 3.03. The number of ether oxygens (including phenoxy) is 1. The number of halogens is 1. The number of hydrogen-bond acceptors (Lipinski definition) is 4. The van der Waals surface area contributed by atoms with Gasteiger partial charge in [-0.05, 0) is 47.9 Å². The predicted octanol–water partition coefficient (Wildman–Crippen LogP) is 4.85. The summed E-state index contributed by atoms with van der Waals surface area (Å²) in [6.07, 6.45) is 3.20. The molecular weight excluding hydrogens is 318 g/mol. The van der Waals surface area contributed by atoms with Crippen molar-refractivity contribution in [2.75, 3.05) is 7.11 Å². The molecule has 110 valence electrons. The Morgan fingerprint density at radius 1 is 1.32 bits per heavy atom. The SMILES string of the molecule is COc1ccc2nc(Cl)c(/C=C/C(=O)c3ccsc3)cc2c1. The van der Waals surface area contributed by atoms with Gasteiger partial charge in [0.2, 0.25) is 0 Å². The summed E-state index contributed by atoms with van der Waals surface area (Å²) in [7, 11) is 1.62. The zero-order chi connectivity index (χ0) is 15.5. The zero-order valence-corrected chi connectivity index (χ0v) is 13.3. The smallest absolute Gasteiger partial charge is 0.186 e. The van der Waals surface area contributed by atoms with Crippen LogP contribution in [0.2, 0.25) is 5.15 Å². The molecule has 5 heteroatoms. The largest absolute Gasteiger partial charge is 0.497 e. The number of allylic oxidation sites excluding steroid dienone is 1. The molecule has 22 heavy (non-hydrogen) atoms. The molecule has 0 saturated heterocycles. The van der Waals surface area contributed by atoms with Crippen molar-refractivity contribution in [3.63, 3.8) is 0 Å². The van der Waals surface area contributed by atoms with Gasteiger partial charge in [-0.15, -0.1) is 0 Å². The van der Waals surface area contributed by atoms with Gasteiger partial charge >= 0.3 is 0 Å². The van der Waals surface area contributed by atoms with E-state index < -0.39 is 0 Å². The van der Waals surface area contributed by atoms with Gasteiger partial charge in [-0.1, -0.05) is 11.6 Å². The third-order valence-electron chi connectivity index (χ3n) is 3.22. The molecule has 0 saturated carbocycles. The van der Waals surface area contributed by atoms with E-state index in [0.717, 1.165) is 16.7 Å². The number of rotatable bonds is 4. The average molecular weight is 330 g/mol. The molecule has 0 N–H and O–H groups in total. The minimum absolute atomic E-state index is 0.0527. The summed E-state index contributed by atoms with van der Waals surface area (Å²) < 4.78 is 5.21. The van der Waals surface area contributed by atoms with Crippen LogP contribution in [0.4, 0.5) is 0 Å². The van der Waals surface area contributed by atoms with E-state index in [1.165, 1.54) is 17.4 Å². The lowest BCUT2D eigenvalue weighted by molar-refractivity contribution is 0.104. The number of hydrogen-bond donors (Lipinski definition) is 0. The highest BCUT2D eigenvalue weighted by Crippen LogP contribution is 2.25. The van der Waals surface area contributed by atoms with Crippen molar-refractivity contribution in [2.45, 2.75) is 0 Å². The minimum atomic E-state index is -0.0527. The molecule has 0 atom stereocenters. The molecule has 0 amide bonds. The molecule has 0 aliphatic heterocycles. The number of pyridine rings is 1. The minimum Gasteiger partial charge on any atom is -0.497 e. The topological polar surface area (TPSA) is 39.2 Å². The van der Waals surface area contributed by atoms with Crippen LogP contribution in [0.3, 0.4) is 0 Å². The van der Waals surface area contributed by atoms with Crippen molar-refractivity contribution in [2.24, 2.45) is 0 Å². The Bertz CT molecular complexity index is 856. The van der Waals surface area contributed by atoms with Gasteiger partial charge in [0, 0.05) is 21.9 Å². The summed E-state index contributed by atoms with van der Waals surface area (Å²) in [5.74, 6) is 0.698. The number of carbonyl (C=O) groups is 1. The van der Waals surface area contributed by atoms with Crippen LogP contribution in [-0.4, -0.2) is 17.9 Å².